The Hall–Kier alpha value is -2.49. The van der Waals surface area contributed by atoms with Crippen LogP contribution in [0, 0.1) is 0 Å². The molecule has 1 atom stereocenters. The maximum atomic E-state index is 12.3. The van der Waals surface area contributed by atoms with Crippen molar-refractivity contribution in [3.63, 3.8) is 0 Å². The normalized spacial score (nSPS) is 17.0. The van der Waals surface area contributed by atoms with Crippen LogP contribution in [-0.4, -0.2) is 16.1 Å². The van der Waals surface area contributed by atoms with Gasteiger partial charge < -0.3 is 15.5 Å². The first-order chi connectivity index (χ1) is 10.1. The Bertz CT molecular complexity index is 681. The number of nitrogens with one attached hydrogen (secondary N) is 1. The number of hydrogen-bond donors (Lipinski definition) is 3. The van der Waals surface area contributed by atoms with Crippen LogP contribution < -0.4 is 5.32 Å². The molecule has 0 bridgehead atoms. The van der Waals surface area contributed by atoms with Gasteiger partial charge in [0.25, 0.3) is 5.91 Å². The third kappa shape index (κ3) is 2.70. The minimum Gasteiger partial charge on any atom is -0.508 e. The molecule has 0 radical (unpaired) electrons. The third-order valence-electron chi connectivity index (χ3n) is 3.90. The average Bonchev–Trinajstić information content (AvgIpc) is 2.47. The summed E-state index contributed by atoms with van der Waals surface area (Å²) >= 11 is 0. The van der Waals surface area contributed by atoms with Crippen LogP contribution in [0.3, 0.4) is 0 Å². The Morgan fingerprint density at radius 2 is 1.95 bits per heavy atom. The predicted molar refractivity (Wildman–Crippen MR) is 79.4 cm³/mol. The fraction of sp³-hybridized carbons (Fsp3) is 0.235. The van der Waals surface area contributed by atoms with E-state index in [1.165, 1.54) is 23.8 Å². The second-order valence-corrected chi connectivity index (χ2v) is 5.32. The van der Waals surface area contributed by atoms with E-state index in [-0.39, 0.29) is 29.0 Å². The smallest absolute Gasteiger partial charge is 0.255 e. The van der Waals surface area contributed by atoms with Crippen molar-refractivity contribution in [2.75, 3.05) is 0 Å². The Labute approximate surface area is 123 Å². The van der Waals surface area contributed by atoms with Crippen molar-refractivity contribution in [2.45, 2.75) is 25.3 Å². The quantitative estimate of drug-likeness (QED) is 0.793. The molecule has 1 aliphatic rings. The fourth-order valence-electron chi connectivity index (χ4n) is 2.85. The summed E-state index contributed by atoms with van der Waals surface area (Å²) in [7, 11) is 0. The molecule has 4 nitrogen and oxygen atoms in total. The number of carbonyl (C=O) groups excluding carboxylic acids is 1. The van der Waals surface area contributed by atoms with Crippen molar-refractivity contribution in [1.29, 1.82) is 0 Å². The first-order valence-corrected chi connectivity index (χ1v) is 7.06. The molecule has 0 aromatic heterocycles. The Balaban J connectivity index is 1.83. The van der Waals surface area contributed by atoms with Crippen LogP contribution in [0.1, 0.15) is 40.4 Å². The van der Waals surface area contributed by atoms with Gasteiger partial charge in [0.15, 0.2) is 0 Å². The number of benzene rings is 2. The van der Waals surface area contributed by atoms with E-state index in [2.05, 4.69) is 11.4 Å². The van der Waals surface area contributed by atoms with E-state index >= 15 is 0 Å². The number of aromatic hydroxyl groups is 2. The van der Waals surface area contributed by atoms with E-state index in [4.69, 9.17) is 0 Å². The molecule has 1 aliphatic carbocycles. The molecule has 0 heterocycles. The lowest BCUT2D eigenvalue weighted by Gasteiger charge is -2.26. The largest absolute Gasteiger partial charge is 0.508 e. The molecule has 1 amide bonds. The highest BCUT2D eigenvalue weighted by molar-refractivity contribution is 5.97. The Morgan fingerprint density at radius 1 is 1.14 bits per heavy atom. The first kappa shape index (κ1) is 13.5. The molecule has 0 saturated carbocycles. The van der Waals surface area contributed by atoms with Crippen LogP contribution in [-0.2, 0) is 6.42 Å². The summed E-state index contributed by atoms with van der Waals surface area (Å²) in [5, 5.41) is 22.0. The zero-order chi connectivity index (χ0) is 14.8. The monoisotopic (exact) mass is 283 g/mol. The van der Waals surface area contributed by atoms with Crippen LogP contribution in [0.4, 0.5) is 0 Å². The minimum absolute atomic E-state index is 0.0318. The summed E-state index contributed by atoms with van der Waals surface area (Å²) in [6, 6.07) is 12.1. The maximum Gasteiger partial charge on any atom is 0.255 e. The van der Waals surface area contributed by atoms with E-state index in [0.29, 0.717) is 0 Å². The van der Waals surface area contributed by atoms with Gasteiger partial charge in [0.05, 0.1) is 11.6 Å². The van der Waals surface area contributed by atoms with E-state index in [0.717, 1.165) is 24.8 Å². The van der Waals surface area contributed by atoms with Gasteiger partial charge in [-0.15, -0.1) is 0 Å². The van der Waals surface area contributed by atoms with E-state index in [1.807, 2.05) is 18.2 Å². The summed E-state index contributed by atoms with van der Waals surface area (Å²) in [5.74, 6) is -0.599. The van der Waals surface area contributed by atoms with Gasteiger partial charge in [-0.1, -0.05) is 24.3 Å². The van der Waals surface area contributed by atoms with Crippen molar-refractivity contribution in [3.8, 4) is 11.5 Å². The van der Waals surface area contributed by atoms with Gasteiger partial charge in [0, 0.05) is 6.07 Å². The SMILES string of the molecule is O=C(N[C@H]1CCCc2ccccc21)c1ccc(O)cc1O. The molecule has 4 heteroatoms. The van der Waals surface area contributed by atoms with Crippen molar-refractivity contribution >= 4 is 5.91 Å². The highest BCUT2D eigenvalue weighted by Crippen LogP contribution is 2.30. The average molecular weight is 283 g/mol. The molecule has 0 fully saturated rings. The Morgan fingerprint density at radius 3 is 2.76 bits per heavy atom. The molecule has 0 unspecified atom stereocenters. The summed E-state index contributed by atoms with van der Waals surface area (Å²) in [4.78, 5) is 12.3. The lowest BCUT2D eigenvalue weighted by molar-refractivity contribution is 0.0930. The third-order valence-corrected chi connectivity index (χ3v) is 3.90. The Kier molecular flexibility index (Phi) is 3.52. The van der Waals surface area contributed by atoms with Crippen molar-refractivity contribution < 1.29 is 15.0 Å². The number of rotatable bonds is 2. The number of fused-ring (bicyclic) bond motifs is 1. The highest BCUT2D eigenvalue weighted by atomic mass is 16.3. The summed E-state index contributed by atoms with van der Waals surface area (Å²) in [6.07, 6.45) is 2.96. The molecular weight excluding hydrogens is 266 g/mol. The fourth-order valence-corrected chi connectivity index (χ4v) is 2.85. The molecule has 108 valence electrons. The van der Waals surface area contributed by atoms with Gasteiger partial charge in [0.2, 0.25) is 0 Å². The van der Waals surface area contributed by atoms with Crippen molar-refractivity contribution in [2.24, 2.45) is 0 Å². The summed E-state index contributed by atoms with van der Waals surface area (Å²) in [6.45, 7) is 0. The maximum absolute atomic E-state index is 12.3. The lowest BCUT2D eigenvalue weighted by Crippen LogP contribution is -2.31. The van der Waals surface area contributed by atoms with Crippen molar-refractivity contribution in [1.82, 2.24) is 5.32 Å². The number of carbonyl (C=O) groups is 1. The predicted octanol–water partition coefficient (Wildman–Crippen LogP) is 2.91. The molecule has 3 rings (SSSR count). The van der Waals surface area contributed by atoms with Gasteiger partial charge >= 0.3 is 0 Å². The molecule has 21 heavy (non-hydrogen) atoms. The summed E-state index contributed by atoms with van der Waals surface area (Å²) < 4.78 is 0. The second kappa shape index (κ2) is 5.48. The van der Waals surface area contributed by atoms with Crippen LogP contribution in [0.15, 0.2) is 42.5 Å². The van der Waals surface area contributed by atoms with E-state index < -0.39 is 0 Å². The van der Waals surface area contributed by atoms with Crippen LogP contribution >= 0.6 is 0 Å². The number of amides is 1. The lowest BCUT2D eigenvalue weighted by atomic mass is 9.87. The second-order valence-electron chi connectivity index (χ2n) is 5.32. The molecule has 2 aromatic carbocycles. The summed E-state index contributed by atoms with van der Waals surface area (Å²) in [5.41, 5.74) is 2.59. The van der Waals surface area contributed by atoms with E-state index in [1.54, 1.807) is 0 Å². The van der Waals surface area contributed by atoms with Crippen molar-refractivity contribution in [3.05, 3.63) is 59.2 Å². The van der Waals surface area contributed by atoms with Gasteiger partial charge in [-0.2, -0.15) is 0 Å². The standard InChI is InChI=1S/C17H17NO3/c19-12-8-9-14(16(20)10-12)17(21)18-15-7-3-5-11-4-1-2-6-13(11)15/h1-2,4,6,8-10,15,19-20H,3,5,7H2,(H,18,21)/t15-/m0/s1. The number of hydrogen-bond acceptors (Lipinski definition) is 3. The van der Waals surface area contributed by atoms with E-state index in [9.17, 15) is 15.0 Å². The molecule has 3 N–H and O–H groups in total. The topological polar surface area (TPSA) is 69.6 Å². The highest BCUT2D eigenvalue weighted by Gasteiger charge is 2.22. The van der Waals surface area contributed by atoms with Crippen LogP contribution in [0.25, 0.3) is 0 Å². The van der Waals surface area contributed by atoms with Gasteiger partial charge in [-0.05, 0) is 42.5 Å². The van der Waals surface area contributed by atoms with Gasteiger partial charge in [-0.25, -0.2) is 0 Å². The van der Waals surface area contributed by atoms with Crippen LogP contribution in [0.2, 0.25) is 0 Å². The number of aryl methyl sites for hydroxylation is 1. The van der Waals surface area contributed by atoms with Crippen LogP contribution in [0.5, 0.6) is 11.5 Å². The molecule has 0 aliphatic heterocycles. The molecule has 2 aromatic rings. The zero-order valence-electron chi connectivity index (χ0n) is 11.5. The first-order valence-electron chi connectivity index (χ1n) is 7.06. The number of phenols is 2. The number of phenolic OH excluding ortho intramolecular Hbond substituents is 2. The zero-order valence-corrected chi connectivity index (χ0v) is 11.5. The van der Waals surface area contributed by atoms with Gasteiger partial charge in [-0.3, -0.25) is 4.79 Å². The minimum atomic E-state index is -0.325. The molecular formula is C17H17NO3. The van der Waals surface area contributed by atoms with Gasteiger partial charge in [0.1, 0.15) is 11.5 Å². The molecule has 0 saturated heterocycles. The molecule has 0 spiro atoms.